The van der Waals surface area contributed by atoms with Crippen LogP contribution < -0.4 is 5.32 Å². The Balaban J connectivity index is 2.63. The van der Waals surface area contributed by atoms with Gasteiger partial charge in [0.15, 0.2) is 0 Å². The second kappa shape index (κ2) is 11.9. The van der Waals surface area contributed by atoms with E-state index in [1.165, 1.54) is 12.8 Å². The largest absolute Gasteiger partial charge is 0.351 e. The number of nitrogens with zero attached hydrogens (tertiary/aromatic N) is 1. The van der Waals surface area contributed by atoms with Crippen LogP contribution in [0.5, 0.6) is 0 Å². The van der Waals surface area contributed by atoms with Crippen LogP contribution in [0.15, 0.2) is 35.9 Å². The van der Waals surface area contributed by atoms with Crippen molar-refractivity contribution in [1.82, 2.24) is 10.2 Å². The highest BCUT2D eigenvalue weighted by molar-refractivity contribution is 5.97. The predicted octanol–water partition coefficient (Wildman–Crippen LogP) is 4.11. The van der Waals surface area contributed by atoms with E-state index in [2.05, 4.69) is 31.0 Å². The molecule has 1 amide bonds. The molecule has 128 valence electrons. The Morgan fingerprint density at radius 3 is 2.39 bits per heavy atom. The molecule has 0 aliphatic heterocycles. The fourth-order valence-corrected chi connectivity index (χ4v) is 2.55. The fourth-order valence-electron chi connectivity index (χ4n) is 2.55. The third-order valence-electron chi connectivity index (χ3n) is 4.09. The molecule has 0 bridgehead atoms. The average molecular weight is 316 g/mol. The van der Waals surface area contributed by atoms with Gasteiger partial charge in [-0.1, -0.05) is 63.9 Å². The van der Waals surface area contributed by atoms with Crippen LogP contribution in [0.1, 0.15) is 52.0 Å². The SMILES string of the molecule is CCCCC/C(=C/c1ccccc1)C(=O)NCCN(CC)CC. The van der Waals surface area contributed by atoms with E-state index in [0.717, 1.165) is 43.6 Å². The van der Waals surface area contributed by atoms with Gasteiger partial charge < -0.3 is 10.2 Å². The Hall–Kier alpha value is -1.61. The van der Waals surface area contributed by atoms with Crippen molar-refractivity contribution in [3.63, 3.8) is 0 Å². The predicted molar refractivity (Wildman–Crippen MR) is 99.4 cm³/mol. The summed E-state index contributed by atoms with van der Waals surface area (Å²) in [5.74, 6) is 0.0807. The highest BCUT2D eigenvalue weighted by atomic mass is 16.1. The number of nitrogens with one attached hydrogen (secondary N) is 1. The lowest BCUT2D eigenvalue weighted by molar-refractivity contribution is -0.117. The minimum Gasteiger partial charge on any atom is -0.351 e. The van der Waals surface area contributed by atoms with Crippen molar-refractivity contribution >= 4 is 12.0 Å². The molecule has 0 radical (unpaired) electrons. The second-order valence-electron chi connectivity index (χ2n) is 5.82. The minimum atomic E-state index is 0.0807. The van der Waals surface area contributed by atoms with E-state index >= 15 is 0 Å². The molecule has 1 N–H and O–H groups in total. The molecular weight excluding hydrogens is 284 g/mol. The molecule has 0 heterocycles. The number of rotatable bonds is 11. The maximum Gasteiger partial charge on any atom is 0.247 e. The number of likely N-dealkylation sites (N-methyl/N-ethyl adjacent to an activating group) is 1. The van der Waals surface area contributed by atoms with E-state index in [0.29, 0.717) is 6.54 Å². The van der Waals surface area contributed by atoms with Crippen LogP contribution in [0, 0.1) is 0 Å². The van der Waals surface area contributed by atoms with Gasteiger partial charge in [-0.15, -0.1) is 0 Å². The molecule has 0 aliphatic rings. The van der Waals surface area contributed by atoms with Crippen LogP contribution in [-0.2, 0) is 4.79 Å². The molecule has 0 spiro atoms. The smallest absolute Gasteiger partial charge is 0.247 e. The van der Waals surface area contributed by atoms with Gasteiger partial charge in [0.1, 0.15) is 0 Å². The molecule has 1 aromatic rings. The lowest BCUT2D eigenvalue weighted by atomic mass is 10.0. The van der Waals surface area contributed by atoms with Crippen LogP contribution in [0.25, 0.3) is 6.08 Å². The number of hydrogen-bond acceptors (Lipinski definition) is 2. The minimum absolute atomic E-state index is 0.0807. The van der Waals surface area contributed by atoms with Crippen LogP contribution in [-0.4, -0.2) is 37.0 Å². The van der Waals surface area contributed by atoms with Crippen LogP contribution in [0.4, 0.5) is 0 Å². The summed E-state index contributed by atoms with van der Waals surface area (Å²) in [7, 11) is 0. The molecule has 1 aromatic carbocycles. The zero-order chi connectivity index (χ0) is 16.9. The maximum atomic E-state index is 12.5. The molecule has 23 heavy (non-hydrogen) atoms. The normalized spacial score (nSPS) is 11.7. The van der Waals surface area contributed by atoms with Gasteiger partial charge in [-0.05, 0) is 37.6 Å². The van der Waals surface area contributed by atoms with Crippen molar-refractivity contribution in [2.75, 3.05) is 26.2 Å². The standard InChI is InChI=1S/C20H32N2O/c1-4-7-9-14-19(17-18-12-10-8-11-13-18)20(23)21-15-16-22(5-2)6-3/h8,10-13,17H,4-7,9,14-16H2,1-3H3,(H,21,23)/b19-17-. The van der Waals surface area contributed by atoms with E-state index in [1.807, 2.05) is 36.4 Å². The van der Waals surface area contributed by atoms with E-state index in [9.17, 15) is 4.79 Å². The van der Waals surface area contributed by atoms with Gasteiger partial charge in [-0.2, -0.15) is 0 Å². The topological polar surface area (TPSA) is 32.3 Å². The van der Waals surface area contributed by atoms with Crippen molar-refractivity contribution in [3.05, 3.63) is 41.5 Å². The first kappa shape index (κ1) is 19.4. The molecule has 0 atom stereocenters. The van der Waals surface area contributed by atoms with Crippen LogP contribution in [0.2, 0.25) is 0 Å². The highest BCUT2D eigenvalue weighted by Gasteiger charge is 2.09. The van der Waals surface area contributed by atoms with Crippen LogP contribution in [0.3, 0.4) is 0 Å². The van der Waals surface area contributed by atoms with Gasteiger partial charge in [0.05, 0.1) is 0 Å². The molecule has 3 nitrogen and oxygen atoms in total. The first-order valence-electron chi connectivity index (χ1n) is 8.97. The molecule has 0 aliphatic carbocycles. The quantitative estimate of drug-likeness (QED) is 0.492. The number of unbranched alkanes of at least 4 members (excludes halogenated alkanes) is 2. The van der Waals surface area contributed by atoms with Gasteiger partial charge in [0.2, 0.25) is 5.91 Å². The van der Waals surface area contributed by atoms with Crippen molar-refractivity contribution in [1.29, 1.82) is 0 Å². The number of benzene rings is 1. The Labute approximate surface area is 141 Å². The lowest BCUT2D eigenvalue weighted by Crippen LogP contribution is -2.35. The summed E-state index contributed by atoms with van der Waals surface area (Å²) in [4.78, 5) is 14.8. The van der Waals surface area contributed by atoms with Crippen molar-refractivity contribution in [2.24, 2.45) is 0 Å². The number of hydrogen-bond donors (Lipinski definition) is 1. The molecule has 0 fully saturated rings. The summed E-state index contributed by atoms with van der Waals surface area (Å²) < 4.78 is 0. The molecule has 0 saturated heterocycles. The fraction of sp³-hybridized carbons (Fsp3) is 0.550. The molecule has 0 aromatic heterocycles. The number of carbonyl (C=O) groups excluding carboxylic acids is 1. The molecular formula is C20H32N2O. The average Bonchev–Trinajstić information content (AvgIpc) is 2.59. The van der Waals surface area contributed by atoms with Crippen LogP contribution >= 0.6 is 0 Å². The summed E-state index contributed by atoms with van der Waals surface area (Å²) in [6.07, 6.45) is 6.28. The zero-order valence-corrected chi connectivity index (χ0v) is 15.0. The maximum absolute atomic E-state index is 12.5. The third-order valence-corrected chi connectivity index (χ3v) is 4.09. The first-order valence-corrected chi connectivity index (χ1v) is 8.97. The van der Waals surface area contributed by atoms with Crippen molar-refractivity contribution in [3.8, 4) is 0 Å². The van der Waals surface area contributed by atoms with Gasteiger partial charge >= 0.3 is 0 Å². The van der Waals surface area contributed by atoms with E-state index < -0.39 is 0 Å². The summed E-state index contributed by atoms with van der Waals surface area (Å²) >= 11 is 0. The Bertz CT molecular complexity index is 464. The monoisotopic (exact) mass is 316 g/mol. The van der Waals surface area contributed by atoms with E-state index in [4.69, 9.17) is 0 Å². The summed E-state index contributed by atoms with van der Waals surface area (Å²) in [6, 6.07) is 10.1. The van der Waals surface area contributed by atoms with Gasteiger partial charge in [0, 0.05) is 18.7 Å². The third kappa shape index (κ3) is 7.98. The van der Waals surface area contributed by atoms with E-state index in [1.54, 1.807) is 0 Å². The molecule has 0 unspecified atom stereocenters. The van der Waals surface area contributed by atoms with Gasteiger partial charge in [-0.25, -0.2) is 0 Å². The van der Waals surface area contributed by atoms with Crippen molar-refractivity contribution in [2.45, 2.75) is 46.5 Å². The molecule has 1 rings (SSSR count). The molecule has 3 heteroatoms. The Kier molecular flexibility index (Phi) is 10.0. The van der Waals surface area contributed by atoms with E-state index in [-0.39, 0.29) is 5.91 Å². The Morgan fingerprint density at radius 2 is 1.78 bits per heavy atom. The van der Waals surface area contributed by atoms with Crippen molar-refractivity contribution < 1.29 is 4.79 Å². The van der Waals surface area contributed by atoms with Gasteiger partial charge in [-0.3, -0.25) is 4.79 Å². The first-order chi connectivity index (χ1) is 11.2. The summed E-state index contributed by atoms with van der Waals surface area (Å²) in [6.45, 7) is 10.1. The number of carbonyl (C=O) groups is 1. The lowest BCUT2D eigenvalue weighted by Gasteiger charge is -2.18. The second-order valence-corrected chi connectivity index (χ2v) is 5.82. The highest BCUT2D eigenvalue weighted by Crippen LogP contribution is 2.14. The number of amides is 1. The van der Waals surface area contributed by atoms with Gasteiger partial charge in [0.25, 0.3) is 0 Å². The summed E-state index contributed by atoms with van der Waals surface area (Å²) in [5.41, 5.74) is 1.99. The Morgan fingerprint density at radius 1 is 1.09 bits per heavy atom. The molecule has 0 saturated carbocycles. The zero-order valence-electron chi connectivity index (χ0n) is 15.0. The summed E-state index contributed by atoms with van der Waals surface area (Å²) in [5, 5.41) is 3.08.